The van der Waals surface area contributed by atoms with Crippen molar-refractivity contribution in [2.45, 2.75) is 13.3 Å². The van der Waals surface area contributed by atoms with Gasteiger partial charge in [-0.25, -0.2) is 0 Å². The van der Waals surface area contributed by atoms with Crippen LogP contribution in [0.25, 0.3) is 0 Å². The van der Waals surface area contributed by atoms with Gasteiger partial charge < -0.3 is 10.2 Å². The van der Waals surface area contributed by atoms with Gasteiger partial charge in [0.1, 0.15) is 0 Å². The summed E-state index contributed by atoms with van der Waals surface area (Å²) in [7, 11) is 3.54. The molecule has 12 heavy (non-hydrogen) atoms. The summed E-state index contributed by atoms with van der Waals surface area (Å²) in [6.45, 7) is 3.57. The van der Waals surface area contributed by atoms with Gasteiger partial charge in [-0.2, -0.15) is 0 Å². The van der Waals surface area contributed by atoms with Crippen LogP contribution in [-0.2, 0) is 4.79 Å². The van der Waals surface area contributed by atoms with E-state index in [1.54, 1.807) is 19.0 Å². The highest BCUT2D eigenvalue weighted by molar-refractivity contribution is 5.75. The molecule has 0 aliphatic heterocycles. The first kappa shape index (κ1) is 11.2. The zero-order chi connectivity index (χ0) is 9.40. The second-order valence-corrected chi connectivity index (χ2v) is 2.81. The molecular weight excluding hydrogens is 152 g/mol. The molecule has 0 rings (SSSR count). The van der Waals surface area contributed by atoms with Gasteiger partial charge >= 0.3 is 0 Å². The molecule has 0 radical (unpaired) electrons. The summed E-state index contributed by atoms with van der Waals surface area (Å²) < 4.78 is 0. The number of hydrogen-bond acceptors (Lipinski definition) is 2. The first-order chi connectivity index (χ1) is 5.68. The predicted molar refractivity (Wildman–Crippen MR) is 51.0 cm³/mol. The van der Waals surface area contributed by atoms with Gasteiger partial charge in [0.15, 0.2) is 0 Å². The Hall–Kier alpha value is -0.830. The fourth-order valence-electron chi connectivity index (χ4n) is 0.722. The Bertz CT molecular complexity index is 153. The quantitative estimate of drug-likeness (QED) is 0.485. The second kappa shape index (κ2) is 6.85. The topological polar surface area (TPSA) is 32.3 Å². The lowest BCUT2D eigenvalue weighted by Crippen LogP contribution is -2.26. The average molecular weight is 170 g/mol. The SMILES string of the molecule is C/C=C/CNCCC(=O)N(C)C. The number of hydrogen-bond donors (Lipinski definition) is 1. The minimum atomic E-state index is 0.169. The summed E-state index contributed by atoms with van der Waals surface area (Å²) >= 11 is 0. The molecule has 3 nitrogen and oxygen atoms in total. The van der Waals surface area contributed by atoms with Crippen molar-refractivity contribution in [3.8, 4) is 0 Å². The smallest absolute Gasteiger partial charge is 0.223 e. The van der Waals surface area contributed by atoms with Gasteiger partial charge in [-0.05, 0) is 6.92 Å². The molecule has 0 aromatic heterocycles. The Balaban J connectivity index is 3.26. The molecule has 0 saturated heterocycles. The largest absolute Gasteiger partial charge is 0.349 e. The third kappa shape index (κ3) is 5.92. The molecule has 0 aliphatic rings. The fraction of sp³-hybridized carbons (Fsp3) is 0.667. The molecular formula is C9H18N2O. The van der Waals surface area contributed by atoms with Crippen molar-refractivity contribution >= 4 is 5.91 Å². The molecule has 0 heterocycles. The zero-order valence-corrected chi connectivity index (χ0v) is 8.13. The van der Waals surface area contributed by atoms with E-state index in [9.17, 15) is 4.79 Å². The minimum Gasteiger partial charge on any atom is -0.349 e. The molecule has 0 aromatic carbocycles. The van der Waals surface area contributed by atoms with Crippen LogP contribution in [0.4, 0.5) is 0 Å². The van der Waals surface area contributed by atoms with Crippen molar-refractivity contribution in [3.63, 3.8) is 0 Å². The van der Waals surface area contributed by atoms with Crippen LogP contribution in [0.1, 0.15) is 13.3 Å². The normalized spacial score (nSPS) is 10.6. The van der Waals surface area contributed by atoms with Gasteiger partial charge in [0.2, 0.25) is 5.91 Å². The van der Waals surface area contributed by atoms with Gasteiger partial charge in [-0.1, -0.05) is 12.2 Å². The van der Waals surface area contributed by atoms with Gasteiger partial charge in [0.25, 0.3) is 0 Å². The second-order valence-electron chi connectivity index (χ2n) is 2.81. The maximum absolute atomic E-state index is 11.0. The number of rotatable bonds is 5. The first-order valence-electron chi connectivity index (χ1n) is 4.20. The Labute approximate surface area is 74.4 Å². The highest BCUT2D eigenvalue weighted by atomic mass is 16.2. The van der Waals surface area contributed by atoms with Gasteiger partial charge in [-0.3, -0.25) is 4.79 Å². The molecule has 0 aromatic rings. The van der Waals surface area contributed by atoms with Crippen molar-refractivity contribution in [1.29, 1.82) is 0 Å². The van der Waals surface area contributed by atoms with Crippen LogP contribution in [0.3, 0.4) is 0 Å². The lowest BCUT2D eigenvalue weighted by atomic mass is 10.4. The Kier molecular flexibility index (Phi) is 6.38. The van der Waals surface area contributed by atoms with Gasteiger partial charge in [0, 0.05) is 33.6 Å². The van der Waals surface area contributed by atoms with E-state index in [1.165, 1.54) is 0 Å². The summed E-state index contributed by atoms with van der Waals surface area (Å²) in [6.07, 6.45) is 4.59. The van der Waals surface area contributed by atoms with Crippen molar-refractivity contribution in [3.05, 3.63) is 12.2 Å². The molecule has 0 aliphatic carbocycles. The van der Waals surface area contributed by atoms with Crippen LogP contribution in [0.2, 0.25) is 0 Å². The number of carbonyl (C=O) groups is 1. The Morgan fingerprint density at radius 1 is 1.50 bits per heavy atom. The number of nitrogens with zero attached hydrogens (tertiary/aromatic N) is 1. The van der Waals surface area contributed by atoms with Crippen LogP contribution in [-0.4, -0.2) is 38.0 Å². The molecule has 0 unspecified atom stereocenters. The van der Waals surface area contributed by atoms with Gasteiger partial charge in [0.05, 0.1) is 0 Å². The van der Waals surface area contributed by atoms with Crippen molar-refractivity contribution in [1.82, 2.24) is 10.2 Å². The molecule has 0 bridgehead atoms. The standard InChI is InChI=1S/C9H18N2O/c1-4-5-7-10-8-6-9(12)11(2)3/h4-5,10H,6-8H2,1-3H3/b5-4+. The van der Waals surface area contributed by atoms with Crippen LogP contribution in [0.5, 0.6) is 0 Å². The van der Waals surface area contributed by atoms with E-state index in [2.05, 4.69) is 5.32 Å². The molecule has 0 atom stereocenters. The molecule has 70 valence electrons. The van der Waals surface area contributed by atoms with Crippen LogP contribution >= 0.6 is 0 Å². The maximum Gasteiger partial charge on any atom is 0.223 e. The van der Waals surface area contributed by atoms with E-state index in [1.807, 2.05) is 19.1 Å². The summed E-state index contributed by atoms with van der Waals surface area (Å²) in [5, 5.41) is 3.14. The fourth-order valence-corrected chi connectivity index (χ4v) is 0.722. The van der Waals surface area contributed by atoms with Crippen molar-refractivity contribution in [2.75, 3.05) is 27.2 Å². The number of carbonyl (C=O) groups excluding carboxylic acids is 1. The number of nitrogens with one attached hydrogen (secondary N) is 1. The van der Waals surface area contributed by atoms with Crippen LogP contribution < -0.4 is 5.32 Å². The predicted octanol–water partition coefficient (Wildman–Crippen LogP) is 0.630. The van der Waals surface area contributed by atoms with E-state index >= 15 is 0 Å². The summed E-state index contributed by atoms with van der Waals surface area (Å²) in [5.74, 6) is 0.169. The molecule has 0 fully saturated rings. The lowest BCUT2D eigenvalue weighted by molar-refractivity contribution is -0.128. The minimum absolute atomic E-state index is 0.169. The van der Waals surface area contributed by atoms with E-state index in [0.29, 0.717) is 6.42 Å². The van der Waals surface area contributed by atoms with E-state index in [-0.39, 0.29) is 5.91 Å². The molecule has 1 amide bonds. The molecule has 0 saturated carbocycles. The van der Waals surface area contributed by atoms with E-state index in [0.717, 1.165) is 13.1 Å². The first-order valence-corrected chi connectivity index (χ1v) is 4.20. The van der Waals surface area contributed by atoms with Gasteiger partial charge in [-0.15, -0.1) is 0 Å². The van der Waals surface area contributed by atoms with E-state index in [4.69, 9.17) is 0 Å². The summed E-state index contributed by atoms with van der Waals surface area (Å²) in [6, 6.07) is 0. The maximum atomic E-state index is 11.0. The van der Waals surface area contributed by atoms with Crippen molar-refractivity contribution < 1.29 is 4.79 Å². The molecule has 3 heteroatoms. The monoisotopic (exact) mass is 170 g/mol. The highest BCUT2D eigenvalue weighted by Gasteiger charge is 2.00. The third-order valence-electron chi connectivity index (χ3n) is 1.51. The Morgan fingerprint density at radius 2 is 2.17 bits per heavy atom. The van der Waals surface area contributed by atoms with Crippen LogP contribution in [0.15, 0.2) is 12.2 Å². The average Bonchev–Trinajstić information content (AvgIpc) is 2.03. The Morgan fingerprint density at radius 3 is 2.67 bits per heavy atom. The van der Waals surface area contributed by atoms with Crippen LogP contribution in [0, 0.1) is 0 Å². The van der Waals surface area contributed by atoms with E-state index < -0.39 is 0 Å². The third-order valence-corrected chi connectivity index (χ3v) is 1.51. The summed E-state index contributed by atoms with van der Waals surface area (Å²) in [5.41, 5.74) is 0. The molecule has 1 N–H and O–H groups in total. The highest BCUT2D eigenvalue weighted by Crippen LogP contribution is 1.84. The number of amides is 1. The zero-order valence-electron chi connectivity index (χ0n) is 8.13. The van der Waals surface area contributed by atoms with Crippen molar-refractivity contribution in [2.24, 2.45) is 0 Å². The lowest BCUT2D eigenvalue weighted by Gasteiger charge is -2.09. The molecule has 0 spiro atoms. The summed E-state index contributed by atoms with van der Waals surface area (Å²) in [4.78, 5) is 12.7. The number of allylic oxidation sites excluding steroid dienone is 1.